The van der Waals surface area contributed by atoms with E-state index < -0.39 is 11.9 Å². The first kappa shape index (κ1) is 21.8. The third kappa shape index (κ3) is 6.06. The van der Waals surface area contributed by atoms with E-state index in [0.717, 1.165) is 0 Å². The second kappa shape index (κ2) is 9.30. The number of ether oxygens (including phenoxy) is 1. The largest absolute Gasteiger partial charge is 0.477 e. The van der Waals surface area contributed by atoms with Gasteiger partial charge in [-0.1, -0.05) is 63.2 Å². The Bertz CT molecular complexity index is 1090. The Morgan fingerprint density at radius 1 is 0.871 bits per heavy atom. The van der Waals surface area contributed by atoms with Gasteiger partial charge in [0.15, 0.2) is 0 Å². The summed E-state index contributed by atoms with van der Waals surface area (Å²) in [5.41, 5.74) is 2.01. The summed E-state index contributed by atoms with van der Waals surface area (Å²) in [6.07, 6.45) is 1.40. The van der Waals surface area contributed by atoms with Gasteiger partial charge in [-0.05, 0) is 59.0 Å². The molecule has 0 fully saturated rings. The number of carbonyl (C=O) groups excluding carboxylic acids is 1. The standard InChI is InChI=1S/C26H25NO4/c1-26(2,3)20-12-14-21(15-13-20)31-22-11-7-8-18(16-22)17-23(25(29)30)27-24(28)19-9-5-4-6-10-19/h4-17H,1-3H3,(H,27,28)(H,29,30). The van der Waals surface area contributed by atoms with Crippen LogP contribution in [0.25, 0.3) is 6.08 Å². The summed E-state index contributed by atoms with van der Waals surface area (Å²) in [5.74, 6) is -0.463. The summed E-state index contributed by atoms with van der Waals surface area (Å²) in [4.78, 5) is 24.0. The Kier molecular flexibility index (Phi) is 6.55. The lowest BCUT2D eigenvalue weighted by molar-refractivity contribution is -0.132. The Labute approximate surface area is 182 Å². The van der Waals surface area contributed by atoms with Crippen molar-refractivity contribution in [1.82, 2.24) is 5.32 Å². The first-order valence-corrected chi connectivity index (χ1v) is 9.92. The van der Waals surface area contributed by atoms with Crippen molar-refractivity contribution in [3.05, 3.63) is 101 Å². The molecular weight excluding hydrogens is 390 g/mol. The van der Waals surface area contributed by atoms with Gasteiger partial charge in [-0.25, -0.2) is 4.79 Å². The molecule has 0 aromatic heterocycles. The number of carboxylic acid groups (broad SMARTS) is 1. The average Bonchev–Trinajstić information content (AvgIpc) is 2.74. The van der Waals surface area contributed by atoms with Crippen LogP contribution in [0.2, 0.25) is 0 Å². The van der Waals surface area contributed by atoms with Crippen LogP contribution in [-0.4, -0.2) is 17.0 Å². The fourth-order valence-corrected chi connectivity index (χ4v) is 2.93. The second-order valence-electron chi connectivity index (χ2n) is 8.13. The molecule has 0 aliphatic heterocycles. The van der Waals surface area contributed by atoms with Gasteiger partial charge in [-0.2, -0.15) is 0 Å². The Hall–Kier alpha value is -3.86. The molecule has 0 unspecified atom stereocenters. The summed E-state index contributed by atoms with van der Waals surface area (Å²) >= 11 is 0. The zero-order valence-electron chi connectivity index (χ0n) is 17.8. The van der Waals surface area contributed by atoms with Crippen molar-refractivity contribution in [3.8, 4) is 11.5 Å². The molecular formula is C26H25NO4. The van der Waals surface area contributed by atoms with Gasteiger partial charge in [0.05, 0.1) is 0 Å². The molecule has 0 saturated heterocycles. The number of benzene rings is 3. The van der Waals surface area contributed by atoms with Crippen LogP contribution in [0, 0.1) is 0 Å². The minimum atomic E-state index is -1.23. The monoisotopic (exact) mass is 415 g/mol. The maximum atomic E-state index is 12.3. The summed E-state index contributed by atoms with van der Waals surface area (Å²) in [6, 6.07) is 23.3. The first-order chi connectivity index (χ1) is 14.7. The summed E-state index contributed by atoms with van der Waals surface area (Å²) in [6.45, 7) is 6.44. The number of hydrogen-bond acceptors (Lipinski definition) is 3. The van der Waals surface area contributed by atoms with Gasteiger partial charge in [-0.15, -0.1) is 0 Å². The van der Waals surface area contributed by atoms with E-state index in [2.05, 4.69) is 26.1 Å². The van der Waals surface area contributed by atoms with Crippen LogP contribution in [-0.2, 0) is 10.2 Å². The lowest BCUT2D eigenvalue weighted by Gasteiger charge is -2.19. The smallest absolute Gasteiger partial charge is 0.352 e. The molecule has 158 valence electrons. The number of amides is 1. The highest BCUT2D eigenvalue weighted by molar-refractivity contribution is 6.02. The number of carbonyl (C=O) groups is 2. The maximum Gasteiger partial charge on any atom is 0.352 e. The van der Waals surface area contributed by atoms with Crippen LogP contribution in [0.4, 0.5) is 0 Å². The van der Waals surface area contributed by atoms with Crippen LogP contribution in [0.15, 0.2) is 84.6 Å². The molecule has 0 atom stereocenters. The summed E-state index contributed by atoms with van der Waals surface area (Å²) in [5, 5.41) is 12.0. The zero-order valence-corrected chi connectivity index (χ0v) is 17.8. The Balaban J connectivity index is 1.78. The topological polar surface area (TPSA) is 75.6 Å². The van der Waals surface area contributed by atoms with Gasteiger partial charge in [0.25, 0.3) is 5.91 Å². The van der Waals surface area contributed by atoms with Crippen molar-refractivity contribution in [2.24, 2.45) is 0 Å². The van der Waals surface area contributed by atoms with E-state index in [1.54, 1.807) is 54.6 Å². The van der Waals surface area contributed by atoms with Crippen LogP contribution < -0.4 is 10.1 Å². The predicted molar refractivity (Wildman–Crippen MR) is 121 cm³/mol. The molecule has 0 aliphatic rings. The number of aliphatic carboxylic acids is 1. The highest BCUT2D eigenvalue weighted by atomic mass is 16.5. The normalized spacial score (nSPS) is 11.6. The van der Waals surface area contributed by atoms with Crippen molar-refractivity contribution in [2.45, 2.75) is 26.2 Å². The number of hydrogen-bond donors (Lipinski definition) is 2. The van der Waals surface area contributed by atoms with E-state index in [1.807, 2.05) is 24.3 Å². The third-order valence-corrected chi connectivity index (χ3v) is 4.64. The zero-order chi connectivity index (χ0) is 22.4. The van der Waals surface area contributed by atoms with Gasteiger partial charge in [0, 0.05) is 5.56 Å². The molecule has 5 heteroatoms. The summed E-state index contributed by atoms with van der Waals surface area (Å²) < 4.78 is 5.92. The highest BCUT2D eigenvalue weighted by Gasteiger charge is 2.14. The number of carboxylic acids is 1. The van der Waals surface area contributed by atoms with E-state index in [-0.39, 0.29) is 11.1 Å². The quantitative estimate of drug-likeness (QED) is 0.512. The Morgan fingerprint density at radius 3 is 2.16 bits per heavy atom. The number of nitrogens with one attached hydrogen (secondary N) is 1. The molecule has 5 nitrogen and oxygen atoms in total. The van der Waals surface area contributed by atoms with E-state index in [0.29, 0.717) is 22.6 Å². The molecule has 1 amide bonds. The molecule has 0 radical (unpaired) electrons. The minimum absolute atomic E-state index is 0.0562. The highest BCUT2D eigenvalue weighted by Crippen LogP contribution is 2.27. The van der Waals surface area contributed by atoms with Crippen molar-refractivity contribution in [3.63, 3.8) is 0 Å². The lowest BCUT2D eigenvalue weighted by Crippen LogP contribution is -2.27. The van der Waals surface area contributed by atoms with Gasteiger partial charge in [0.1, 0.15) is 17.2 Å². The molecule has 0 spiro atoms. The van der Waals surface area contributed by atoms with Crippen molar-refractivity contribution in [1.29, 1.82) is 0 Å². The molecule has 0 heterocycles. The van der Waals surface area contributed by atoms with Gasteiger partial charge in [-0.3, -0.25) is 4.79 Å². The third-order valence-electron chi connectivity index (χ3n) is 4.64. The molecule has 0 saturated carbocycles. The second-order valence-corrected chi connectivity index (χ2v) is 8.13. The van der Waals surface area contributed by atoms with Crippen molar-refractivity contribution in [2.75, 3.05) is 0 Å². The molecule has 0 bridgehead atoms. The van der Waals surface area contributed by atoms with Gasteiger partial charge >= 0.3 is 5.97 Å². The van der Waals surface area contributed by atoms with Crippen LogP contribution >= 0.6 is 0 Å². The molecule has 31 heavy (non-hydrogen) atoms. The number of rotatable bonds is 6. The fourth-order valence-electron chi connectivity index (χ4n) is 2.93. The minimum Gasteiger partial charge on any atom is -0.477 e. The Morgan fingerprint density at radius 2 is 1.55 bits per heavy atom. The van der Waals surface area contributed by atoms with E-state index in [1.165, 1.54) is 11.6 Å². The van der Waals surface area contributed by atoms with E-state index >= 15 is 0 Å². The van der Waals surface area contributed by atoms with Crippen molar-refractivity contribution < 1.29 is 19.4 Å². The molecule has 3 rings (SSSR count). The average molecular weight is 415 g/mol. The fraction of sp³-hybridized carbons (Fsp3) is 0.154. The molecule has 3 aromatic rings. The molecule has 0 aliphatic carbocycles. The molecule has 3 aromatic carbocycles. The van der Waals surface area contributed by atoms with Gasteiger partial charge < -0.3 is 15.2 Å². The van der Waals surface area contributed by atoms with E-state index in [4.69, 9.17) is 4.74 Å². The SMILES string of the molecule is CC(C)(C)c1ccc(Oc2cccc(C=C(NC(=O)c3ccccc3)C(=O)O)c2)cc1. The van der Waals surface area contributed by atoms with Crippen LogP contribution in [0.5, 0.6) is 11.5 Å². The maximum absolute atomic E-state index is 12.3. The van der Waals surface area contributed by atoms with Crippen LogP contribution in [0.3, 0.4) is 0 Å². The lowest BCUT2D eigenvalue weighted by atomic mass is 9.87. The predicted octanol–water partition coefficient (Wildman–Crippen LogP) is 5.63. The van der Waals surface area contributed by atoms with Crippen molar-refractivity contribution >= 4 is 18.0 Å². The van der Waals surface area contributed by atoms with Crippen LogP contribution in [0.1, 0.15) is 42.3 Å². The molecule has 2 N–H and O–H groups in total. The van der Waals surface area contributed by atoms with Gasteiger partial charge in [0.2, 0.25) is 0 Å². The van der Waals surface area contributed by atoms with E-state index in [9.17, 15) is 14.7 Å². The summed E-state index contributed by atoms with van der Waals surface area (Å²) in [7, 11) is 0. The first-order valence-electron chi connectivity index (χ1n) is 9.92.